The van der Waals surface area contributed by atoms with Crippen molar-refractivity contribution >= 4 is 27.1 Å². The van der Waals surface area contributed by atoms with Gasteiger partial charge < -0.3 is 5.32 Å². The number of nitrogens with one attached hydrogen (secondary N) is 1. The molecule has 0 radical (unpaired) electrons. The standard InChI is InChI=1S/C13H11N3S/c14-7-9-5-11-6-12(17-13(11)16-8-9)10-1-3-15-4-2-10/h1,5-6,8,15H,2-4H2. The van der Waals surface area contributed by atoms with Gasteiger partial charge in [-0.05, 0) is 30.7 Å². The first-order valence-electron chi connectivity index (χ1n) is 5.56. The predicted molar refractivity (Wildman–Crippen MR) is 69.8 cm³/mol. The third kappa shape index (κ3) is 1.95. The SMILES string of the molecule is N#Cc1cnc2sc(C3=CCNCC3)cc2c1. The molecule has 0 spiro atoms. The van der Waals surface area contributed by atoms with Crippen LogP contribution in [0.1, 0.15) is 16.9 Å². The quantitative estimate of drug-likeness (QED) is 0.834. The van der Waals surface area contributed by atoms with Gasteiger partial charge in [0.2, 0.25) is 0 Å². The van der Waals surface area contributed by atoms with E-state index < -0.39 is 0 Å². The lowest BCUT2D eigenvalue weighted by Gasteiger charge is -2.11. The van der Waals surface area contributed by atoms with Crippen LogP contribution < -0.4 is 5.32 Å². The van der Waals surface area contributed by atoms with Crippen LogP contribution in [0, 0.1) is 11.3 Å². The van der Waals surface area contributed by atoms with Gasteiger partial charge >= 0.3 is 0 Å². The molecule has 1 aliphatic heterocycles. The predicted octanol–water partition coefficient (Wildman–Crippen LogP) is 2.54. The Labute approximate surface area is 103 Å². The zero-order valence-corrected chi connectivity index (χ0v) is 10.0. The lowest BCUT2D eigenvalue weighted by molar-refractivity contribution is 0.739. The Balaban J connectivity index is 2.07. The van der Waals surface area contributed by atoms with Gasteiger partial charge in [-0.1, -0.05) is 6.08 Å². The van der Waals surface area contributed by atoms with E-state index in [-0.39, 0.29) is 0 Å². The van der Waals surface area contributed by atoms with Crippen LogP contribution in [-0.2, 0) is 0 Å². The van der Waals surface area contributed by atoms with E-state index in [0.29, 0.717) is 5.56 Å². The second kappa shape index (κ2) is 4.28. The molecule has 2 aromatic rings. The third-order valence-corrected chi connectivity index (χ3v) is 4.02. The Morgan fingerprint density at radius 1 is 1.41 bits per heavy atom. The summed E-state index contributed by atoms with van der Waals surface area (Å²) >= 11 is 1.71. The van der Waals surface area contributed by atoms with Gasteiger partial charge in [0.15, 0.2) is 0 Å². The molecule has 0 aliphatic carbocycles. The summed E-state index contributed by atoms with van der Waals surface area (Å²) in [6.45, 7) is 1.98. The molecule has 1 aliphatic rings. The lowest BCUT2D eigenvalue weighted by Crippen LogP contribution is -2.19. The summed E-state index contributed by atoms with van der Waals surface area (Å²) in [5, 5.41) is 13.2. The Kier molecular flexibility index (Phi) is 2.63. The van der Waals surface area contributed by atoms with E-state index in [9.17, 15) is 0 Å². The molecule has 0 fully saturated rings. The largest absolute Gasteiger partial charge is 0.313 e. The van der Waals surface area contributed by atoms with Gasteiger partial charge in [-0.25, -0.2) is 4.98 Å². The van der Waals surface area contributed by atoms with Crippen molar-refractivity contribution < 1.29 is 0 Å². The van der Waals surface area contributed by atoms with Crippen molar-refractivity contribution in [1.29, 1.82) is 5.26 Å². The molecule has 2 aromatic heterocycles. The first kappa shape index (κ1) is 10.5. The first-order valence-corrected chi connectivity index (χ1v) is 6.38. The van der Waals surface area contributed by atoms with E-state index in [1.54, 1.807) is 17.5 Å². The highest BCUT2D eigenvalue weighted by Crippen LogP contribution is 2.31. The minimum atomic E-state index is 0.626. The summed E-state index contributed by atoms with van der Waals surface area (Å²) in [4.78, 5) is 6.61. The van der Waals surface area contributed by atoms with E-state index in [2.05, 4.69) is 28.5 Å². The van der Waals surface area contributed by atoms with Gasteiger partial charge in [-0.15, -0.1) is 11.3 Å². The molecule has 0 amide bonds. The highest BCUT2D eigenvalue weighted by molar-refractivity contribution is 7.19. The Bertz CT molecular complexity index is 634. The van der Waals surface area contributed by atoms with Crippen LogP contribution in [0.25, 0.3) is 15.8 Å². The summed E-state index contributed by atoms with van der Waals surface area (Å²) in [5.74, 6) is 0. The van der Waals surface area contributed by atoms with Crippen molar-refractivity contribution in [2.24, 2.45) is 0 Å². The molecule has 0 unspecified atom stereocenters. The van der Waals surface area contributed by atoms with Crippen LogP contribution in [0.15, 0.2) is 24.4 Å². The van der Waals surface area contributed by atoms with Gasteiger partial charge in [-0.3, -0.25) is 0 Å². The van der Waals surface area contributed by atoms with Crippen molar-refractivity contribution in [1.82, 2.24) is 10.3 Å². The molecule has 0 saturated carbocycles. The summed E-state index contributed by atoms with van der Waals surface area (Å²) in [7, 11) is 0. The van der Waals surface area contributed by atoms with Gasteiger partial charge in [0.05, 0.1) is 5.56 Å². The number of hydrogen-bond donors (Lipinski definition) is 1. The number of thiophene rings is 1. The van der Waals surface area contributed by atoms with Crippen molar-refractivity contribution in [3.05, 3.63) is 34.8 Å². The number of nitriles is 1. The van der Waals surface area contributed by atoms with Gasteiger partial charge in [0.1, 0.15) is 10.9 Å². The van der Waals surface area contributed by atoms with Crippen LogP contribution in [0.4, 0.5) is 0 Å². The number of nitrogens with zero attached hydrogens (tertiary/aromatic N) is 2. The van der Waals surface area contributed by atoms with Crippen LogP contribution >= 0.6 is 11.3 Å². The van der Waals surface area contributed by atoms with Crippen LogP contribution in [-0.4, -0.2) is 18.1 Å². The zero-order chi connectivity index (χ0) is 11.7. The maximum Gasteiger partial charge on any atom is 0.123 e. The molecule has 3 rings (SSSR count). The highest BCUT2D eigenvalue weighted by atomic mass is 32.1. The normalized spacial score (nSPS) is 15.6. The smallest absolute Gasteiger partial charge is 0.123 e. The molecule has 0 bridgehead atoms. The van der Waals surface area contributed by atoms with E-state index in [1.165, 1.54) is 10.5 Å². The molecule has 0 saturated heterocycles. The molecular formula is C13H11N3S. The van der Waals surface area contributed by atoms with Crippen LogP contribution in [0.5, 0.6) is 0 Å². The monoisotopic (exact) mass is 241 g/mol. The van der Waals surface area contributed by atoms with Crippen molar-refractivity contribution in [2.75, 3.05) is 13.1 Å². The summed E-state index contributed by atoms with van der Waals surface area (Å²) < 4.78 is 0. The fourth-order valence-electron chi connectivity index (χ4n) is 2.00. The van der Waals surface area contributed by atoms with Crippen LogP contribution in [0.2, 0.25) is 0 Å². The maximum atomic E-state index is 8.85. The van der Waals surface area contributed by atoms with E-state index >= 15 is 0 Å². The minimum absolute atomic E-state index is 0.626. The molecule has 4 heteroatoms. The molecular weight excluding hydrogens is 230 g/mol. The van der Waals surface area contributed by atoms with Gasteiger partial charge in [0.25, 0.3) is 0 Å². The van der Waals surface area contributed by atoms with E-state index in [1.807, 2.05) is 6.07 Å². The molecule has 84 valence electrons. The summed E-state index contributed by atoms with van der Waals surface area (Å²) in [5.41, 5.74) is 2.02. The number of hydrogen-bond acceptors (Lipinski definition) is 4. The van der Waals surface area contributed by atoms with E-state index in [4.69, 9.17) is 5.26 Å². The molecule has 1 N–H and O–H groups in total. The highest BCUT2D eigenvalue weighted by Gasteiger charge is 2.10. The number of aromatic nitrogens is 1. The van der Waals surface area contributed by atoms with E-state index in [0.717, 1.165) is 29.7 Å². The maximum absolute atomic E-state index is 8.85. The molecule has 3 nitrogen and oxygen atoms in total. The Morgan fingerprint density at radius 2 is 2.35 bits per heavy atom. The number of fused-ring (bicyclic) bond motifs is 1. The number of rotatable bonds is 1. The van der Waals surface area contributed by atoms with Crippen LogP contribution in [0.3, 0.4) is 0 Å². The Hall–Kier alpha value is -1.70. The molecule has 0 atom stereocenters. The topological polar surface area (TPSA) is 48.7 Å². The minimum Gasteiger partial charge on any atom is -0.313 e. The second-order valence-electron chi connectivity index (χ2n) is 4.02. The molecule has 0 aromatic carbocycles. The fraction of sp³-hybridized carbons (Fsp3) is 0.231. The summed E-state index contributed by atoms with van der Waals surface area (Å²) in [6.07, 6.45) is 4.94. The second-order valence-corrected chi connectivity index (χ2v) is 5.05. The Morgan fingerprint density at radius 3 is 3.12 bits per heavy atom. The first-order chi connectivity index (χ1) is 8.36. The van der Waals surface area contributed by atoms with Crippen molar-refractivity contribution in [3.8, 4) is 6.07 Å². The fourth-order valence-corrected chi connectivity index (χ4v) is 3.05. The molecule has 3 heterocycles. The van der Waals surface area contributed by atoms with Crippen molar-refractivity contribution in [2.45, 2.75) is 6.42 Å². The average molecular weight is 241 g/mol. The average Bonchev–Trinajstić information content (AvgIpc) is 2.82. The lowest BCUT2D eigenvalue weighted by atomic mass is 10.1. The van der Waals surface area contributed by atoms with Crippen molar-refractivity contribution in [3.63, 3.8) is 0 Å². The third-order valence-electron chi connectivity index (χ3n) is 2.88. The van der Waals surface area contributed by atoms with Gasteiger partial charge in [-0.2, -0.15) is 5.26 Å². The number of pyridine rings is 1. The summed E-state index contributed by atoms with van der Waals surface area (Å²) in [6, 6.07) is 6.18. The van der Waals surface area contributed by atoms with Gasteiger partial charge in [0, 0.05) is 23.0 Å². The zero-order valence-electron chi connectivity index (χ0n) is 9.23. The molecule has 17 heavy (non-hydrogen) atoms.